The molecule has 4 nitrogen and oxygen atoms in total. The molecule has 0 bridgehead atoms. The van der Waals surface area contributed by atoms with Gasteiger partial charge < -0.3 is 11.6 Å². The van der Waals surface area contributed by atoms with Crippen molar-refractivity contribution in [2.75, 3.05) is 0 Å². The molecule has 0 spiro atoms. The Morgan fingerprint density at radius 3 is 1.50 bits per heavy atom. The Kier molecular flexibility index (Phi) is 7.89. The van der Waals surface area contributed by atoms with Crippen LogP contribution in [0.15, 0.2) is 0 Å². The van der Waals surface area contributed by atoms with Crippen LogP contribution in [-0.4, -0.2) is 22.2 Å². The van der Waals surface area contributed by atoms with Gasteiger partial charge in [0.15, 0.2) is 5.41 Å². The van der Waals surface area contributed by atoms with E-state index < -0.39 is 17.4 Å². The molecule has 0 unspecified atom stereocenters. The van der Waals surface area contributed by atoms with Gasteiger partial charge in [-0.1, -0.05) is 26.7 Å². The fourth-order valence-electron chi connectivity index (χ4n) is 1.50. The van der Waals surface area contributed by atoms with Crippen LogP contribution >= 0.6 is 0 Å². The Hall–Kier alpha value is -0.463. The summed E-state index contributed by atoms with van der Waals surface area (Å²) in [7, 11) is 0. The molecule has 78 valence electrons. The summed E-state index contributed by atoms with van der Waals surface area (Å²) in [4.78, 5) is 21.7. The van der Waals surface area contributed by atoms with Crippen LogP contribution in [0.1, 0.15) is 41.0 Å². The molecule has 0 aromatic heterocycles. The molecule has 0 rings (SSSR count). The Balaban J connectivity index is -0.000000720. The summed E-state index contributed by atoms with van der Waals surface area (Å²) in [5.74, 6) is -2.44. The van der Waals surface area contributed by atoms with E-state index in [1.807, 2.05) is 0 Å². The summed E-state index contributed by atoms with van der Waals surface area (Å²) in [6.45, 7) is 3.58. The second-order valence-electron chi connectivity index (χ2n) is 3.19. The minimum atomic E-state index is -1.57. The Labute approximate surface area is 97.4 Å². The van der Waals surface area contributed by atoms with E-state index in [-0.39, 0.29) is 33.1 Å². The van der Waals surface area contributed by atoms with E-state index in [0.29, 0.717) is 12.8 Å². The van der Waals surface area contributed by atoms with Crippen molar-refractivity contribution in [2.45, 2.75) is 39.5 Å². The summed E-state index contributed by atoms with van der Waals surface area (Å²) in [5, 5.41) is 17.8. The summed E-state index contributed by atoms with van der Waals surface area (Å²) < 4.78 is 0. The molecule has 0 saturated heterocycles. The number of carboxylic acid groups (broad SMARTS) is 2. The molecule has 14 heavy (non-hydrogen) atoms. The molecule has 0 amide bonds. The van der Waals surface area contributed by atoms with Crippen molar-refractivity contribution in [1.82, 2.24) is 0 Å². The molecule has 0 atom stereocenters. The van der Waals surface area contributed by atoms with Gasteiger partial charge in [0, 0.05) is 0 Å². The van der Waals surface area contributed by atoms with E-state index in [4.69, 9.17) is 10.2 Å². The molecule has 0 heterocycles. The first kappa shape index (κ1) is 16.0. The summed E-state index contributed by atoms with van der Waals surface area (Å²) in [5.41, 5.74) is -1.57. The second kappa shape index (κ2) is 6.91. The maximum atomic E-state index is 10.9. The first-order valence-corrected chi connectivity index (χ1v) is 4.48. The molecular weight excluding hydrogens is 179 g/mol. The van der Waals surface area contributed by atoms with Crippen molar-refractivity contribution in [1.29, 1.82) is 0 Å². The third kappa shape index (κ3) is 3.36. The van der Waals surface area contributed by atoms with Gasteiger partial charge in [-0.05, 0) is 12.8 Å². The Morgan fingerprint density at radius 2 is 1.36 bits per heavy atom. The molecule has 2 N–H and O–H groups in total. The maximum absolute atomic E-state index is 10.9. The van der Waals surface area contributed by atoms with Crippen molar-refractivity contribution in [3.05, 3.63) is 0 Å². The van der Waals surface area contributed by atoms with Crippen molar-refractivity contribution in [3.63, 3.8) is 0 Å². The molecule has 5 heteroatoms. The Morgan fingerprint density at radius 1 is 1.07 bits per heavy atom. The summed E-state index contributed by atoms with van der Waals surface area (Å²) in [6, 6.07) is 0. The normalized spacial score (nSPS) is 10.4. The SMILES string of the molecule is CCCC(CCC)(C(=O)O)C(=O)O.[H-].[Li+]. The third-order valence-corrected chi connectivity index (χ3v) is 2.17. The first-order valence-electron chi connectivity index (χ1n) is 4.48. The Bertz CT molecular complexity index is 186. The van der Waals surface area contributed by atoms with Gasteiger partial charge in [-0.15, -0.1) is 0 Å². The zero-order chi connectivity index (χ0) is 10.5. The average Bonchev–Trinajstić information content (AvgIpc) is 2.03. The van der Waals surface area contributed by atoms with Crippen molar-refractivity contribution in [2.24, 2.45) is 5.41 Å². The van der Waals surface area contributed by atoms with E-state index in [1.165, 1.54) is 0 Å². The maximum Gasteiger partial charge on any atom is 1.00 e. The second-order valence-corrected chi connectivity index (χ2v) is 3.19. The number of carboxylic acids is 2. The molecule has 0 aromatic carbocycles. The van der Waals surface area contributed by atoms with Gasteiger partial charge in [-0.25, -0.2) is 0 Å². The predicted molar refractivity (Wildman–Crippen MR) is 48.6 cm³/mol. The molecule has 0 aliphatic carbocycles. The van der Waals surface area contributed by atoms with Crippen LogP contribution in [0.3, 0.4) is 0 Å². The molecule has 0 aromatic rings. The van der Waals surface area contributed by atoms with Gasteiger partial charge in [0.25, 0.3) is 0 Å². The fraction of sp³-hybridized carbons (Fsp3) is 0.778. The monoisotopic (exact) mass is 196 g/mol. The summed E-state index contributed by atoms with van der Waals surface area (Å²) in [6.07, 6.45) is 1.54. The van der Waals surface area contributed by atoms with E-state index in [9.17, 15) is 9.59 Å². The predicted octanol–water partition coefficient (Wildman–Crippen LogP) is -1.14. The van der Waals surface area contributed by atoms with Crippen LogP contribution in [0.5, 0.6) is 0 Å². The molecule has 0 aliphatic heterocycles. The molecule has 0 fully saturated rings. The van der Waals surface area contributed by atoms with E-state index in [1.54, 1.807) is 13.8 Å². The zero-order valence-electron chi connectivity index (χ0n) is 10.0. The molecule has 0 saturated carbocycles. The van der Waals surface area contributed by atoms with Gasteiger partial charge in [-0.3, -0.25) is 9.59 Å². The van der Waals surface area contributed by atoms with Crippen LogP contribution < -0.4 is 18.9 Å². The van der Waals surface area contributed by atoms with Crippen molar-refractivity contribution in [3.8, 4) is 0 Å². The molecule has 0 aliphatic rings. The van der Waals surface area contributed by atoms with Crippen LogP contribution in [0.2, 0.25) is 0 Å². The largest absolute Gasteiger partial charge is 1.00 e. The third-order valence-electron chi connectivity index (χ3n) is 2.17. The van der Waals surface area contributed by atoms with Crippen LogP contribution in [0.25, 0.3) is 0 Å². The number of aliphatic carboxylic acids is 2. The van der Waals surface area contributed by atoms with Crippen LogP contribution in [0, 0.1) is 5.41 Å². The number of hydrogen-bond donors (Lipinski definition) is 2. The van der Waals surface area contributed by atoms with Crippen LogP contribution in [-0.2, 0) is 9.59 Å². The van der Waals surface area contributed by atoms with E-state index >= 15 is 0 Å². The zero-order valence-corrected chi connectivity index (χ0v) is 9.04. The van der Waals surface area contributed by atoms with Gasteiger partial charge in [0.05, 0.1) is 0 Å². The van der Waals surface area contributed by atoms with E-state index in [0.717, 1.165) is 0 Å². The average molecular weight is 196 g/mol. The summed E-state index contributed by atoms with van der Waals surface area (Å²) >= 11 is 0. The van der Waals surface area contributed by atoms with Crippen LogP contribution in [0.4, 0.5) is 0 Å². The standard InChI is InChI=1S/C9H16O4.Li.H/c1-3-5-9(6-4-2,7(10)11)8(12)13;;/h3-6H2,1-2H3,(H,10,11)(H,12,13);;/q;+1;-1. The van der Waals surface area contributed by atoms with Crippen molar-refractivity contribution >= 4 is 11.9 Å². The topological polar surface area (TPSA) is 74.6 Å². The number of carbonyl (C=O) groups is 2. The first-order chi connectivity index (χ1) is 6.01. The number of rotatable bonds is 6. The minimum absolute atomic E-state index is 0. The minimum Gasteiger partial charge on any atom is -1.00 e. The van der Waals surface area contributed by atoms with Gasteiger partial charge >= 0.3 is 30.8 Å². The van der Waals surface area contributed by atoms with Gasteiger partial charge in [0.2, 0.25) is 0 Å². The van der Waals surface area contributed by atoms with Gasteiger partial charge in [-0.2, -0.15) is 0 Å². The van der Waals surface area contributed by atoms with Crippen molar-refractivity contribution < 1.29 is 40.1 Å². The number of hydrogen-bond acceptors (Lipinski definition) is 2. The molecular formula is C9H17LiO4. The smallest absolute Gasteiger partial charge is 1.00 e. The molecule has 0 radical (unpaired) electrons. The van der Waals surface area contributed by atoms with E-state index in [2.05, 4.69) is 0 Å². The fourth-order valence-corrected chi connectivity index (χ4v) is 1.50. The van der Waals surface area contributed by atoms with Gasteiger partial charge in [0.1, 0.15) is 0 Å². The quantitative estimate of drug-likeness (QED) is 0.416.